The van der Waals surface area contributed by atoms with Gasteiger partial charge >= 0.3 is 0 Å². The lowest BCUT2D eigenvalue weighted by atomic mass is 9.82. The highest BCUT2D eigenvalue weighted by atomic mass is 16.5. The molecule has 1 aromatic heterocycles. The summed E-state index contributed by atoms with van der Waals surface area (Å²) in [6, 6.07) is 18.0. The molecular formula is C25H27N5O2. The molecule has 0 spiro atoms. The summed E-state index contributed by atoms with van der Waals surface area (Å²) >= 11 is 0. The van der Waals surface area contributed by atoms with Gasteiger partial charge in [-0.25, -0.2) is 9.97 Å². The van der Waals surface area contributed by atoms with Gasteiger partial charge in [-0.2, -0.15) is 0 Å². The summed E-state index contributed by atoms with van der Waals surface area (Å²) in [5.41, 5.74) is 5.43. The lowest BCUT2D eigenvalue weighted by molar-refractivity contribution is 0.316. The molecule has 2 aromatic carbocycles. The van der Waals surface area contributed by atoms with Gasteiger partial charge in [0.15, 0.2) is 0 Å². The molecule has 1 heterocycles. The van der Waals surface area contributed by atoms with Crippen LogP contribution in [0.1, 0.15) is 34.7 Å². The normalized spacial score (nSPS) is 16.3. The molecule has 3 aromatic rings. The van der Waals surface area contributed by atoms with E-state index in [0.29, 0.717) is 31.2 Å². The minimum atomic E-state index is 0.225. The average Bonchev–Trinajstić information content (AvgIpc) is 2.86. The first-order valence-corrected chi connectivity index (χ1v) is 10.6. The van der Waals surface area contributed by atoms with E-state index in [0.717, 1.165) is 34.7 Å². The fourth-order valence-electron chi connectivity index (χ4n) is 3.83. The zero-order valence-electron chi connectivity index (χ0n) is 18.1. The maximum atomic E-state index is 9.51. The highest BCUT2D eigenvalue weighted by molar-refractivity contribution is 6.02. The number of ether oxygens (including phenoxy) is 1. The van der Waals surface area contributed by atoms with E-state index in [4.69, 9.17) is 4.74 Å². The van der Waals surface area contributed by atoms with E-state index >= 15 is 0 Å². The van der Waals surface area contributed by atoms with Crippen LogP contribution >= 0.6 is 0 Å². The Balaban J connectivity index is 1.36. The van der Waals surface area contributed by atoms with Crippen LogP contribution in [0.15, 0.2) is 72.5 Å². The first-order chi connectivity index (χ1) is 15.7. The quantitative estimate of drug-likeness (QED) is 0.284. The van der Waals surface area contributed by atoms with Gasteiger partial charge in [0.2, 0.25) is 5.95 Å². The SMILES string of the molecule is C=C(NC)c1ccc(OCCNc2ncc3c(n2)CC(c2ccccc2)C/C3=N\O)cc1. The van der Waals surface area contributed by atoms with Gasteiger partial charge in [-0.05, 0) is 47.7 Å². The van der Waals surface area contributed by atoms with Crippen LogP contribution in [0, 0.1) is 0 Å². The van der Waals surface area contributed by atoms with Crippen molar-refractivity contribution in [2.75, 3.05) is 25.5 Å². The van der Waals surface area contributed by atoms with Crippen LogP contribution in [0.4, 0.5) is 5.95 Å². The third kappa shape index (κ3) is 4.88. The second-order valence-electron chi connectivity index (χ2n) is 7.64. The van der Waals surface area contributed by atoms with Gasteiger partial charge in [0, 0.05) is 30.9 Å². The number of rotatable bonds is 8. The summed E-state index contributed by atoms with van der Waals surface area (Å²) in [6.07, 6.45) is 3.17. The second-order valence-corrected chi connectivity index (χ2v) is 7.64. The van der Waals surface area contributed by atoms with E-state index in [-0.39, 0.29) is 5.92 Å². The number of benzene rings is 2. The van der Waals surface area contributed by atoms with Gasteiger partial charge in [-0.3, -0.25) is 0 Å². The number of anilines is 1. The Morgan fingerprint density at radius 1 is 1.16 bits per heavy atom. The maximum absolute atomic E-state index is 9.51. The van der Waals surface area contributed by atoms with Crippen molar-refractivity contribution in [2.45, 2.75) is 18.8 Å². The Morgan fingerprint density at radius 3 is 2.66 bits per heavy atom. The topological polar surface area (TPSA) is 91.7 Å². The van der Waals surface area contributed by atoms with Crippen molar-refractivity contribution >= 4 is 17.4 Å². The van der Waals surface area contributed by atoms with Crippen molar-refractivity contribution in [2.24, 2.45) is 5.16 Å². The van der Waals surface area contributed by atoms with Gasteiger partial charge in [0.25, 0.3) is 0 Å². The molecule has 164 valence electrons. The monoisotopic (exact) mass is 429 g/mol. The molecule has 0 aliphatic heterocycles. The number of hydrogen-bond donors (Lipinski definition) is 3. The van der Waals surface area contributed by atoms with Crippen molar-refractivity contribution in [3.8, 4) is 5.75 Å². The lowest BCUT2D eigenvalue weighted by Crippen LogP contribution is -2.22. The van der Waals surface area contributed by atoms with Crippen LogP contribution in [0.3, 0.4) is 0 Å². The van der Waals surface area contributed by atoms with Gasteiger partial charge in [-0.1, -0.05) is 42.1 Å². The Morgan fingerprint density at radius 2 is 1.94 bits per heavy atom. The molecule has 1 unspecified atom stereocenters. The molecular weight excluding hydrogens is 402 g/mol. The van der Waals surface area contributed by atoms with Crippen LogP contribution < -0.4 is 15.4 Å². The van der Waals surface area contributed by atoms with E-state index in [2.05, 4.69) is 44.5 Å². The second kappa shape index (κ2) is 9.96. The molecule has 0 bridgehead atoms. The van der Waals surface area contributed by atoms with E-state index in [9.17, 15) is 5.21 Å². The molecule has 1 aliphatic carbocycles. The van der Waals surface area contributed by atoms with E-state index in [1.165, 1.54) is 5.56 Å². The van der Waals surface area contributed by atoms with E-state index in [1.807, 2.05) is 49.5 Å². The number of oxime groups is 1. The van der Waals surface area contributed by atoms with Gasteiger partial charge < -0.3 is 20.6 Å². The minimum absolute atomic E-state index is 0.225. The zero-order valence-corrected chi connectivity index (χ0v) is 18.1. The summed E-state index contributed by atoms with van der Waals surface area (Å²) in [5, 5.41) is 19.3. The van der Waals surface area contributed by atoms with Crippen molar-refractivity contribution in [3.63, 3.8) is 0 Å². The Hall–Kier alpha value is -3.87. The number of fused-ring (bicyclic) bond motifs is 1. The summed E-state index contributed by atoms with van der Waals surface area (Å²) in [5.74, 6) is 1.56. The maximum Gasteiger partial charge on any atom is 0.223 e. The number of nitrogens with one attached hydrogen (secondary N) is 2. The largest absolute Gasteiger partial charge is 0.492 e. The van der Waals surface area contributed by atoms with Crippen molar-refractivity contribution < 1.29 is 9.94 Å². The smallest absolute Gasteiger partial charge is 0.223 e. The molecule has 1 aliphatic rings. The molecule has 1 atom stereocenters. The molecule has 3 N–H and O–H groups in total. The standard InChI is InChI=1S/C25H27N5O2/c1-17(26-2)18-8-10-21(11-9-18)32-13-12-27-25-28-16-22-23(29-25)14-20(15-24(22)30-31)19-6-4-3-5-7-19/h3-11,16,20,26,31H,1,12-15H2,2H3,(H,27,28,29)/b30-24+. The first-order valence-electron chi connectivity index (χ1n) is 10.6. The van der Waals surface area contributed by atoms with Crippen LogP contribution in [0.5, 0.6) is 5.75 Å². The van der Waals surface area contributed by atoms with Gasteiger partial charge in [-0.15, -0.1) is 0 Å². The highest BCUT2D eigenvalue weighted by Crippen LogP contribution is 2.32. The van der Waals surface area contributed by atoms with E-state index in [1.54, 1.807) is 6.20 Å². The predicted octanol–water partition coefficient (Wildman–Crippen LogP) is 4.07. The van der Waals surface area contributed by atoms with Gasteiger partial charge in [0.05, 0.1) is 18.0 Å². The number of hydrogen-bond acceptors (Lipinski definition) is 7. The Bertz CT molecular complexity index is 1100. The van der Waals surface area contributed by atoms with Crippen LogP contribution in [-0.4, -0.2) is 41.1 Å². The third-order valence-corrected chi connectivity index (χ3v) is 5.61. The molecule has 0 saturated carbocycles. The molecule has 0 saturated heterocycles. The highest BCUT2D eigenvalue weighted by Gasteiger charge is 2.27. The molecule has 0 radical (unpaired) electrons. The summed E-state index contributed by atoms with van der Waals surface area (Å²) in [7, 11) is 1.85. The van der Waals surface area contributed by atoms with Crippen molar-refractivity contribution in [1.29, 1.82) is 0 Å². The van der Waals surface area contributed by atoms with Crippen LogP contribution in [-0.2, 0) is 6.42 Å². The van der Waals surface area contributed by atoms with Crippen LogP contribution in [0.25, 0.3) is 5.70 Å². The van der Waals surface area contributed by atoms with Gasteiger partial charge in [0.1, 0.15) is 12.4 Å². The molecule has 32 heavy (non-hydrogen) atoms. The zero-order chi connectivity index (χ0) is 22.3. The number of nitrogens with zero attached hydrogens (tertiary/aromatic N) is 3. The minimum Gasteiger partial charge on any atom is -0.492 e. The molecule has 7 nitrogen and oxygen atoms in total. The molecule has 0 amide bonds. The molecule has 0 fully saturated rings. The summed E-state index contributed by atoms with van der Waals surface area (Å²) in [6.45, 7) is 4.98. The van der Waals surface area contributed by atoms with E-state index < -0.39 is 0 Å². The average molecular weight is 430 g/mol. The number of aromatic nitrogens is 2. The first kappa shape index (κ1) is 21.4. The molecule has 7 heteroatoms. The lowest BCUT2D eigenvalue weighted by Gasteiger charge is -2.25. The van der Waals surface area contributed by atoms with Crippen LogP contribution in [0.2, 0.25) is 0 Å². The summed E-state index contributed by atoms with van der Waals surface area (Å²) < 4.78 is 5.80. The fraction of sp³-hybridized carbons (Fsp3) is 0.240. The van der Waals surface area contributed by atoms with Crippen molar-refractivity contribution in [1.82, 2.24) is 15.3 Å². The third-order valence-electron chi connectivity index (χ3n) is 5.61. The van der Waals surface area contributed by atoms with Crippen molar-refractivity contribution in [3.05, 3.63) is 89.8 Å². The fourth-order valence-corrected chi connectivity index (χ4v) is 3.83. The Kier molecular flexibility index (Phi) is 6.65. The Labute approximate surface area is 187 Å². The summed E-state index contributed by atoms with van der Waals surface area (Å²) in [4.78, 5) is 9.07. The predicted molar refractivity (Wildman–Crippen MR) is 126 cm³/mol. The molecule has 4 rings (SSSR count).